The van der Waals surface area contributed by atoms with Crippen LogP contribution in [0.25, 0.3) is 0 Å². The Kier molecular flexibility index (Phi) is 4.60. The van der Waals surface area contributed by atoms with Crippen LogP contribution in [0.2, 0.25) is 0 Å². The number of fused-ring (bicyclic) bond motifs is 1. The highest BCUT2D eigenvalue weighted by Gasteiger charge is 2.18. The molecule has 3 rings (SSSR count). The van der Waals surface area contributed by atoms with Crippen molar-refractivity contribution in [3.05, 3.63) is 47.5 Å². The standard InChI is InChI=1S/C19H21NO4/c1-12-5-4-6-16(13(12)2)24-14(3)19(21)20-15-7-8-17-18(11-15)23-10-9-22-17/h4-8,11,14H,9-10H2,1-3H3,(H,20,21)/t14-/m1/s1. The minimum Gasteiger partial charge on any atom is -0.486 e. The molecule has 0 fully saturated rings. The molecule has 0 saturated heterocycles. The van der Waals surface area contributed by atoms with Gasteiger partial charge in [-0.2, -0.15) is 0 Å². The van der Waals surface area contributed by atoms with Gasteiger partial charge in [-0.1, -0.05) is 12.1 Å². The molecular weight excluding hydrogens is 306 g/mol. The number of ether oxygens (including phenoxy) is 3. The average Bonchev–Trinajstić information content (AvgIpc) is 2.58. The predicted molar refractivity (Wildman–Crippen MR) is 92.1 cm³/mol. The van der Waals surface area contributed by atoms with Gasteiger partial charge in [0.1, 0.15) is 19.0 Å². The van der Waals surface area contributed by atoms with Crippen molar-refractivity contribution in [2.45, 2.75) is 26.9 Å². The molecule has 0 bridgehead atoms. The third-order valence-corrected chi connectivity index (χ3v) is 4.04. The second kappa shape index (κ2) is 6.83. The van der Waals surface area contributed by atoms with Gasteiger partial charge in [0.25, 0.3) is 5.91 Å². The summed E-state index contributed by atoms with van der Waals surface area (Å²) in [6.07, 6.45) is -0.612. The number of hydrogen-bond acceptors (Lipinski definition) is 4. The molecule has 1 amide bonds. The maximum atomic E-state index is 12.4. The molecule has 0 spiro atoms. The minimum atomic E-state index is -0.612. The molecule has 1 heterocycles. The fourth-order valence-corrected chi connectivity index (χ4v) is 2.46. The van der Waals surface area contributed by atoms with Gasteiger partial charge in [-0.05, 0) is 50.1 Å². The summed E-state index contributed by atoms with van der Waals surface area (Å²) in [5, 5.41) is 2.85. The second-order valence-corrected chi connectivity index (χ2v) is 5.81. The largest absolute Gasteiger partial charge is 0.486 e. The average molecular weight is 327 g/mol. The van der Waals surface area contributed by atoms with E-state index in [-0.39, 0.29) is 5.91 Å². The summed E-state index contributed by atoms with van der Waals surface area (Å²) in [5.74, 6) is 1.84. The first-order chi connectivity index (χ1) is 11.5. The molecule has 1 aliphatic rings. The fraction of sp³-hybridized carbons (Fsp3) is 0.316. The third-order valence-electron chi connectivity index (χ3n) is 4.04. The lowest BCUT2D eigenvalue weighted by molar-refractivity contribution is -0.122. The maximum Gasteiger partial charge on any atom is 0.265 e. The van der Waals surface area contributed by atoms with Crippen molar-refractivity contribution < 1.29 is 19.0 Å². The first-order valence-corrected chi connectivity index (χ1v) is 7.98. The highest BCUT2D eigenvalue weighted by Crippen LogP contribution is 2.32. The van der Waals surface area contributed by atoms with Crippen LogP contribution in [-0.4, -0.2) is 25.2 Å². The van der Waals surface area contributed by atoms with Crippen molar-refractivity contribution in [2.75, 3.05) is 18.5 Å². The zero-order valence-corrected chi connectivity index (χ0v) is 14.1. The first-order valence-electron chi connectivity index (χ1n) is 7.98. The van der Waals surface area contributed by atoms with Crippen LogP contribution in [0.4, 0.5) is 5.69 Å². The van der Waals surface area contributed by atoms with Gasteiger partial charge in [0.05, 0.1) is 0 Å². The maximum absolute atomic E-state index is 12.4. The van der Waals surface area contributed by atoms with Gasteiger partial charge in [-0.3, -0.25) is 4.79 Å². The molecule has 0 radical (unpaired) electrons. The zero-order chi connectivity index (χ0) is 17.1. The second-order valence-electron chi connectivity index (χ2n) is 5.81. The van der Waals surface area contributed by atoms with Crippen LogP contribution in [0, 0.1) is 13.8 Å². The minimum absolute atomic E-state index is 0.215. The van der Waals surface area contributed by atoms with Crippen molar-refractivity contribution in [1.82, 2.24) is 0 Å². The van der Waals surface area contributed by atoms with Gasteiger partial charge in [-0.25, -0.2) is 0 Å². The van der Waals surface area contributed by atoms with Crippen molar-refractivity contribution in [1.29, 1.82) is 0 Å². The molecule has 2 aromatic carbocycles. The molecule has 2 aromatic rings. The van der Waals surface area contributed by atoms with Gasteiger partial charge in [0, 0.05) is 11.8 Å². The van der Waals surface area contributed by atoms with E-state index in [9.17, 15) is 4.79 Å². The lowest BCUT2D eigenvalue weighted by Gasteiger charge is -2.20. The number of rotatable bonds is 4. The Morgan fingerprint density at radius 1 is 1.12 bits per heavy atom. The van der Waals surface area contributed by atoms with Crippen molar-refractivity contribution >= 4 is 11.6 Å². The Morgan fingerprint density at radius 3 is 2.67 bits per heavy atom. The summed E-state index contributed by atoms with van der Waals surface area (Å²) in [5.41, 5.74) is 2.82. The monoisotopic (exact) mass is 327 g/mol. The molecule has 24 heavy (non-hydrogen) atoms. The van der Waals surface area contributed by atoms with Crippen LogP contribution in [-0.2, 0) is 4.79 Å². The fourth-order valence-electron chi connectivity index (χ4n) is 2.46. The molecule has 1 atom stereocenters. The van der Waals surface area contributed by atoms with E-state index in [0.717, 1.165) is 16.9 Å². The predicted octanol–water partition coefficient (Wildman–Crippen LogP) is 3.48. The summed E-state index contributed by atoms with van der Waals surface area (Å²) in [6.45, 7) is 6.78. The molecule has 126 valence electrons. The number of amides is 1. The van der Waals surface area contributed by atoms with Gasteiger partial charge in [0.15, 0.2) is 17.6 Å². The molecular formula is C19H21NO4. The Morgan fingerprint density at radius 2 is 1.88 bits per heavy atom. The summed E-state index contributed by atoms with van der Waals surface area (Å²) in [4.78, 5) is 12.4. The van der Waals surface area contributed by atoms with E-state index in [2.05, 4.69) is 5.32 Å². The molecule has 0 unspecified atom stereocenters. The Labute approximate surface area is 141 Å². The highest BCUT2D eigenvalue weighted by molar-refractivity contribution is 5.94. The first kappa shape index (κ1) is 16.2. The van der Waals surface area contributed by atoms with Crippen LogP contribution in [0.15, 0.2) is 36.4 Å². The van der Waals surface area contributed by atoms with E-state index in [1.54, 1.807) is 25.1 Å². The molecule has 0 aromatic heterocycles. The Bertz CT molecular complexity index is 757. The molecule has 1 N–H and O–H groups in total. The van der Waals surface area contributed by atoms with Crippen molar-refractivity contribution in [2.24, 2.45) is 0 Å². The van der Waals surface area contributed by atoms with Crippen LogP contribution < -0.4 is 19.5 Å². The van der Waals surface area contributed by atoms with Crippen molar-refractivity contribution in [3.8, 4) is 17.2 Å². The summed E-state index contributed by atoms with van der Waals surface area (Å²) in [7, 11) is 0. The zero-order valence-electron chi connectivity index (χ0n) is 14.1. The van der Waals surface area contributed by atoms with E-state index in [4.69, 9.17) is 14.2 Å². The summed E-state index contributed by atoms with van der Waals surface area (Å²) in [6, 6.07) is 11.1. The number of carbonyl (C=O) groups is 1. The highest BCUT2D eigenvalue weighted by atomic mass is 16.6. The summed E-state index contributed by atoms with van der Waals surface area (Å²) < 4.78 is 16.8. The molecule has 1 aliphatic heterocycles. The molecule has 5 nitrogen and oxygen atoms in total. The number of hydrogen-bond donors (Lipinski definition) is 1. The number of benzene rings is 2. The number of nitrogens with one attached hydrogen (secondary N) is 1. The number of anilines is 1. The van der Waals surface area contributed by atoms with Gasteiger partial charge in [0.2, 0.25) is 0 Å². The normalized spacial score (nSPS) is 14.0. The van der Waals surface area contributed by atoms with Crippen molar-refractivity contribution in [3.63, 3.8) is 0 Å². The SMILES string of the molecule is Cc1cccc(O[C@H](C)C(=O)Nc2ccc3c(c2)OCCO3)c1C. The van der Waals surface area contributed by atoms with E-state index in [1.807, 2.05) is 32.0 Å². The van der Waals surface area contributed by atoms with E-state index in [0.29, 0.717) is 30.4 Å². The Hall–Kier alpha value is -2.69. The van der Waals surface area contributed by atoms with E-state index < -0.39 is 6.10 Å². The topological polar surface area (TPSA) is 56.8 Å². The number of aryl methyl sites for hydroxylation is 1. The Balaban J connectivity index is 1.67. The smallest absolute Gasteiger partial charge is 0.265 e. The lowest BCUT2D eigenvalue weighted by Crippen LogP contribution is -2.30. The van der Waals surface area contributed by atoms with Gasteiger partial charge < -0.3 is 19.5 Å². The molecule has 0 saturated carbocycles. The van der Waals surface area contributed by atoms with E-state index in [1.165, 1.54) is 0 Å². The lowest BCUT2D eigenvalue weighted by atomic mass is 10.1. The number of carbonyl (C=O) groups excluding carboxylic acids is 1. The van der Waals surface area contributed by atoms with Crippen LogP contribution >= 0.6 is 0 Å². The molecule has 5 heteroatoms. The van der Waals surface area contributed by atoms with E-state index >= 15 is 0 Å². The quantitative estimate of drug-likeness (QED) is 0.934. The molecule has 0 aliphatic carbocycles. The van der Waals surface area contributed by atoms with Crippen LogP contribution in [0.5, 0.6) is 17.2 Å². The third kappa shape index (κ3) is 3.45. The van der Waals surface area contributed by atoms with Crippen LogP contribution in [0.3, 0.4) is 0 Å². The van der Waals surface area contributed by atoms with Crippen LogP contribution in [0.1, 0.15) is 18.1 Å². The van der Waals surface area contributed by atoms with Gasteiger partial charge >= 0.3 is 0 Å². The summed E-state index contributed by atoms with van der Waals surface area (Å²) >= 11 is 0. The van der Waals surface area contributed by atoms with Gasteiger partial charge in [-0.15, -0.1) is 0 Å².